The predicted octanol–water partition coefficient (Wildman–Crippen LogP) is 1.14. The summed E-state index contributed by atoms with van der Waals surface area (Å²) in [4.78, 5) is 15.0. The van der Waals surface area contributed by atoms with Gasteiger partial charge in [0.25, 0.3) is 0 Å². The third-order valence-electron chi connectivity index (χ3n) is 2.89. The molecule has 1 unspecified atom stereocenters. The molecule has 1 aromatic rings. The van der Waals surface area contributed by atoms with Crippen LogP contribution in [0.3, 0.4) is 0 Å². The van der Waals surface area contributed by atoms with Crippen LogP contribution in [0.5, 0.6) is 0 Å². The van der Waals surface area contributed by atoms with Gasteiger partial charge in [0, 0.05) is 32.4 Å². The van der Waals surface area contributed by atoms with Gasteiger partial charge in [-0.3, -0.25) is 4.79 Å². The number of carbonyl (C=O) groups is 1. The van der Waals surface area contributed by atoms with Gasteiger partial charge in [0.1, 0.15) is 0 Å². The van der Waals surface area contributed by atoms with Gasteiger partial charge in [-0.2, -0.15) is 5.26 Å². The molecule has 0 aliphatic carbocycles. The molecule has 0 saturated carbocycles. The molecule has 0 heterocycles. The molecule has 0 fully saturated rings. The van der Waals surface area contributed by atoms with Crippen LogP contribution in [0.1, 0.15) is 24.2 Å². The Morgan fingerprint density at radius 1 is 1.42 bits per heavy atom. The molecule has 0 saturated heterocycles. The van der Waals surface area contributed by atoms with Crippen LogP contribution in [0.4, 0.5) is 5.69 Å². The number of carbonyl (C=O) groups excluding carboxylic acids is 1. The summed E-state index contributed by atoms with van der Waals surface area (Å²) in [7, 11) is 5.15. The van der Waals surface area contributed by atoms with Gasteiger partial charge >= 0.3 is 0 Å². The first-order valence-electron chi connectivity index (χ1n) is 6.00. The highest BCUT2D eigenvalue weighted by Crippen LogP contribution is 2.26. The van der Waals surface area contributed by atoms with Gasteiger partial charge in [-0.25, -0.2) is 0 Å². The molecule has 0 bridgehead atoms. The van der Waals surface area contributed by atoms with E-state index in [4.69, 9.17) is 5.26 Å². The third-order valence-corrected chi connectivity index (χ3v) is 2.89. The first-order valence-corrected chi connectivity index (χ1v) is 6.00. The summed E-state index contributed by atoms with van der Waals surface area (Å²) in [5, 5.41) is 18.7. The number of rotatable bonds is 4. The van der Waals surface area contributed by atoms with E-state index < -0.39 is 6.10 Å². The van der Waals surface area contributed by atoms with E-state index >= 15 is 0 Å². The number of aliphatic hydroxyl groups is 1. The number of aliphatic hydroxyl groups excluding tert-OH is 1. The van der Waals surface area contributed by atoms with Crippen molar-refractivity contribution in [1.82, 2.24) is 4.90 Å². The summed E-state index contributed by atoms with van der Waals surface area (Å²) in [6, 6.07) is 7.12. The monoisotopic (exact) mass is 261 g/mol. The van der Waals surface area contributed by atoms with Crippen LogP contribution < -0.4 is 4.90 Å². The van der Waals surface area contributed by atoms with Crippen LogP contribution in [0.25, 0.3) is 0 Å². The van der Waals surface area contributed by atoms with E-state index in [1.54, 1.807) is 51.2 Å². The van der Waals surface area contributed by atoms with E-state index in [9.17, 15) is 9.90 Å². The van der Waals surface area contributed by atoms with Crippen molar-refractivity contribution in [2.75, 3.05) is 32.6 Å². The molecule has 0 spiro atoms. The van der Waals surface area contributed by atoms with E-state index in [1.165, 1.54) is 4.90 Å². The summed E-state index contributed by atoms with van der Waals surface area (Å²) in [6.07, 6.45) is -0.653. The second-order valence-corrected chi connectivity index (χ2v) is 4.71. The van der Waals surface area contributed by atoms with Gasteiger partial charge in [0.15, 0.2) is 0 Å². The molecule has 19 heavy (non-hydrogen) atoms. The number of anilines is 1. The Kier molecular flexibility index (Phi) is 4.90. The molecule has 0 radical (unpaired) electrons. The van der Waals surface area contributed by atoms with Gasteiger partial charge in [-0.05, 0) is 19.1 Å². The number of hydrogen-bond acceptors (Lipinski definition) is 4. The van der Waals surface area contributed by atoms with Crippen molar-refractivity contribution in [1.29, 1.82) is 5.26 Å². The van der Waals surface area contributed by atoms with Gasteiger partial charge in [0.2, 0.25) is 5.91 Å². The fourth-order valence-electron chi connectivity index (χ4n) is 1.73. The van der Waals surface area contributed by atoms with Crippen LogP contribution in [0, 0.1) is 11.3 Å². The van der Waals surface area contributed by atoms with Crippen molar-refractivity contribution in [3.63, 3.8) is 0 Å². The SMILES string of the molecule is CC(O)c1ccc(C#N)cc1N(C)CC(=O)N(C)C. The van der Waals surface area contributed by atoms with E-state index in [1.807, 2.05) is 0 Å². The molecule has 1 aromatic carbocycles. The molecule has 0 aliphatic rings. The molecule has 102 valence electrons. The Labute approximate surface area is 113 Å². The van der Waals surface area contributed by atoms with Gasteiger partial charge in [0.05, 0.1) is 24.3 Å². The maximum absolute atomic E-state index is 11.7. The van der Waals surface area contributed by atoms with E-state index in [0.29, 0.717) is 16.8 Å². The summed E-state index contributed by atoms with van der Waals surface area (Å²) in [5.41, 5.74) is 1.90. The highest BCUT2D eigenvalue weighted by atomic mass is 16.3. The molecule has 5 heteroatoms. The highest BCUT2D eigenvalue weighted by Gasteiger charge is 2.15. The van der Waals surface area contributed by atoms with E-state index in [-0.39, 0.29) is 12.5 Å². The first kappa shape index (κ1) is 15.0. The van der Waals surface area contributed by atoms with Gasteiger partial charge < -0.3 is 14.9 Å². The highest BCUT2D eigenvalue weighted by molar-refractivity contribution is 5.81. The Morgan fingerprint density at radius 2 is 2.05 bits per heavy atom. The lowest BCUT2D eigenvalue weighted by molar-refractivity contribution is -0.127. The minimum Gasteiger partial charge on any atom is -0.389 e. The number of hydrogen-bond donors (Lipinski definition) is 1. The van der Waals surface area contributed by atoms with Crippen LogP contribution >= 0.6 is 0 Å². The standard InChI is InChI=1S/C14H19N3O2/c1-10(18)12-6-5-11(8-15)7-13(12)17(4)9-14(19)16(2)3/h5-7,10,18H,9H2,1-4H3. The second kappa shape index (κ2) is 6.21. The van der Waals surface area contributed by atoms with Crippen LogP contribution in [-0.4, -0.2) is 43.6 Å². The summed E-state index contributed by atoms with van der Waals surface area (Å²) >= 11 is 0. The van der Waals surface area contributed by atoms with Crippen molar-refractivity contribution in [3.8, 4) is 6.07 Å². The van der Waals surface area contributed by atoms with Crippen LogP contribution in [0.2, 0.25) is 0 Å². The van der Waals surface area contributed by atoms with Gasteiger partial charge in [-0.1, -0.05) is 6.07 Å². The zero-order chi connectivity index (χ0) is 14.6. The molecular formula is C14H19N3O2. The van der Waals surface area contributed by atoms with Crippen LogP contribution in [0.15, 0.2) is 18.2 Å². The fraction of sp³-hybridized carbons (Fsp3) is 0.429. The van der Waals surface area contributed by atoms with Crippen molar-refractivity contribution < 1.29 is 9.90 Å². The number of likely N-dealkylation sites (N-methyl/N-ethyl adjacent to an activating group) is 2. The number of nitrogens with zero attached hydrogens (tertiary/aromatic N) is 3. The van der Waals surface area contributed by atoms with Crippen molar-refractivity contribution in [2.24, 2.45) is 0 Å². The topological polar surface area (TPSA) is 67.6 Å². The quantitative estimate of drug-likeness (QED) is 0.882. The van der Waals surface area contributed by atoms with E-state index in [2.05, 4.69) is 6.07 Å². The molecule has 1 N–H and O–H groups in total. The van der Waals surface area contributed by atoms with Crippen molar-refractivity contribution >= 4 is 11.6 Å². The average molecular weight is 261 g/mol. The van der Waals surface area contributed by atoms with Crippen molar-refractivity contribution in [2.45, 2.75) is 13.0 Å². The lowest BCUT2D eigenvalue weighted by atomic mass is 10.0. The number of amides is 1. The zero-order valence-corrected chi connectivity index (χ0v) is 11.7. The summed E-state index contributed by atoms with van der Waals surface area (Å²) < 4.78 is 0. The largest absolute Gasteiger partial charge is 0.389 e. The number of nitriles is 1. The molecule has 1 amide bonds. The van der Waals surface area contributed by atoms with Gasteiger partial charge in [-0.15, -0.1) is 0 Å². The maximum Gasteiger partial charge on any atom is 0.241 e. The predicted molar refractivity (Wildman–Crippen MR) is 73.8 cm³/mol. The lowest BCUT2D eigenvalue weighted by Gasteiger charge is -2.24. The normalized spacial score (nSPS) is 11.6. The second-order valence-electron chi connectivity index (χ2n) is 4.71. The Morgan fingerprint density at radius 3 is 2.53 bits per heavy atom. The maximum atomic E-state index is 11.7. The molecule has 0 aliphatic heterocycles. The molecular weight excluding hydrogens is 242 g/mol. The first-order chi connectivity index (χ1) is 8.86. The minimum absolute atomic E-state index is 0.0404. The lowest BCUT2D eigenvalue weighted by Crippen LogP contribution is -2.34. The smallest absolute Gasteiger partial charge is 0.241 e. The van der Waals surface area contributed by atoms with Crippen molar-refractivity contribution in [3.05, 3.63) is 29.3 Å². The Balaban J connectivity index is 3.09. The van der Waals surface area contributed by atoms with Crippen LogP contribution in [-0.2, 0) is 4.79 Å². The molecule has 0 aromatic heterocycles. The zero-order valence-electron chi connectivity index (χ0n) is 11.7. The molecule has 1 atom stereocenters. The fourth-order valence-corrected chi connectivity index (χ4v) is 1.73. The Hall–Kier alpha value is -2.06. The summed E-state index contributed by atoms with van der Waals surface area (Å²) in [6.45, 7) is 1.86. The minimum atomic E-state index is -0.653. The Bertz CT molecular complexity index is 504. The molecule has 5 nitrogen and oxygen atoms in total. The summed E-state index contributed by atoms with van der Waals surface area (Å²) in [5.74, 6) is -0.0404. The third kappa shape index (κ3) is 3.70. The average Bonchev–Trinajstić information content (AvgIpc) is 2.37. The molecule has 1 rings (SSSR count). The number of benzene rings is 1. The van der Waals surface area contributed by atoms with E-state index in [0.717, 1.165) is 0 Å².